The van der Waals surface area contributed by atoms with E-state index in [4.69, 9.17) is 4.74 Å². The van der Waals surface area contributed by atoms with E-state index in [2.05, 4.69) is 23.5 Å². The number of hydrogen-bond donors (Lipinski definition) is 1. The van der Waals surface area contributed by atoms with Crippen molar-refractivity contribution < 1.29 is 14.3 Å². The number of nitrogens with one attached hydrogen (secondary N) is 1. The van der Waals surface area contributed by atoms with Crippen molar-refractivity contribution in [2.75, 3.05) is 6.54 Å². The summed E-state index contributed by atoms with van der Waals surface area (Å²) in [5, 5.41) is 2.98. The summed E-state index contributed by atoms with van der Waals surface area (Å²) in [7, 11) is 0. The number of hydrogen-bond acceptors (Lipinski definition) is 3. The van der Waals surface area contributed by atoms with E-state index < -0.39 is 6.10 Å². The summed E-state index contributed by atoms with van der Waals surface area (Å²) in [4.78, 5) is 28.0. The minimum absolute atomic E-state index is 0.0834. The molecule has 1 aliphatic rings. The fraction of sp³-hybridized carbons (Fsp3) is 0.333. The first-order valence-electron chi connectivity index (χ1n) is 12.4. The molecular formula is C30H34N2O3. The number of ether oxygens (including phenoxy) is 1. The van der Waals surface area contributed by atoms with Crippen LogP contribution in [-0.4, -0.2) is 29.4 Å². The van der Waals surface area contributed by atoms with Gasteiger partial charge in [0.15, 0.2) is 6.10 Å². The van der Waals surface area contributed by atoms with Gasteiger partial charge in [-0.2, -0.15) is 0 Å². The molecule has 5 nitrogen and oxygen atoms in total. The van der Waals surface area contributed by atoms with Gasteiger partial charge in [-0.25, -0.2) is 0 Å². The zero-order valence-corrected chi connectivity index (χ0v) is 20.7. The van der Waals surface area contributed by atoms with Crippen LogP contribution >= 0.6 is 0 Å². The van der Waals surface area contributed by atoms with E-state index in [9.17, 15) is 9.59 Å². The van der Waals surface area contributed by atoms with E-state index in [0.717, 1.165) is 23.1 Å². The van der Waals surface area contributed by atoms with E-state index in [1.54, 1.807) is 0 Å². The Labute approximate surface area is 208 Å². The van der Waals surface area contributed by atoms with Crippen LogP contribution in [0.15, 0.2) is 78.9 Å². The van der Waals surface area contributed by atoms with E-state index in [0.29, 0.717) is 25.3 Å². The number of fused-ring (bicyclic) bond motifs is 1. The van der Waals surface area contributed by atoms with Crippen molar-refractivity contribution in [3.63, 3.8) is 0 Å². The maximum Gasteiger partial charge on any atom is 0.261 e. The average molecular weight is 471 g/mol. The van der Waals surface area contributed by atoms with Gasteiger partial charge in [0.1, 0.15) is 5.75 Å². The highest BCUT2D eigenvalue weighted by atomic mass is 16.5. The normalized spacial score (nSPS) is 15.9. The minimum Gasteiger partial charge on any atom is -0.481 e. The van der Waals surface area contributed by atoms with Gasteiger partial charge in [-0.05, 0) is 47.2 Å². The number of benzene rings is 3. The van der Waals surface area contributed by atoms with Crippen LogP contribution in [0, 0.1) is 5.92 Å². The van der Waals surface area contributed by atoms with Crippen LogP contribution in [0.1, 0.15) is 55.5 Å². The first-order valence-corrected chi connectivity index (χ1v) is 12.4. The summed E-state index contributed by atoms with van der Waals surface area (Å²) in [6, 6.07) is 25.8. The lowest BCUT2D eigenvalue weighted by molar-refractivity contribution is -0.136. The van der Waals surface area contributed by atoms with Gasteiger partial charge in [-0.15, -0.1) is 0 Å². The highest BCUT2D eigenvalue weighted by molar-refractivity contribution is 5.81. The smallest absolute Gasteiger partial charge is 0.261 e. The van der Waals surface area contributed by atoms with Crippen LogP contribution in [-0.2, 0) is 22.6 Å². The zero-order valence-electron chi connectivity index (χ0n) is 20.7. The molecule has 1 aliphatic heterocycles. The number of carbonyl (C=O) groups is 2. The third-order valence-electron chi connectivity index (χ3n) is 6.49. The van der Waals surface area contributed by atoms with Crippen molar-refractivity contribution in [1.82, 2.24) is 10.2 Å². The summed E-state index contributed by atoms with van der Waals surface area (Å²) in [6.45, 7) is 6.98. The van der Waals surface area contributed by atoms with E-state index in [1.807, 2.05) is 86.3 Å². The first kappa shape index (κ1) is 24.5. The monoisotopic (exact) mass is 470 g/mol. The van der Waals surface area contributed by atoms with Crippen molar-refractivity contribution in [1.29, 1.82) is 0 Å². The van der Waals surface area contributed by atoms with Gasteiger partial charge in [-0.1, -0.05) is 87.5 Å². The van der Waals surface area contributed by atoms with Crippen LogP contribution in [0.25, 0.3) is 0 Å². The fourth-order valence-corrected chi connectivity index (χ4v) is 4.62. The molecule has 0 spiro atoms. The molecule has 3 aromatic carbocycles. The Hall–Kier alpha value is -3.60. The summed E-state index contributed by atoms with van der Waals surface area (Å²) >= 11 is 0. The molecule has 5 heteroatoms. The number of amides is 2. The molecule has 0 aromatic heterocycles. The van der Waals surface area contributed by atoms with Crippen molar-refractivity contribution in [3.05, 3.63) is 101 Å². The first-order chi connectivity index (χ1) is 17.0. The quantitative estimate of drug-likeness (QED) is 0.487. The van der Waals surface area contributed by atoms with Crippen molar-refractivity contribution in [2.45, 2.75) is 52.3 Å². The highest BCUT2D eigenvalue weighted by Crippen LogP contribution is 2.38. The molecule has 182 valence electrons. The minimum atomic E-state index is -0.594. The molecule has 3 aromatic rings. The molecule has 0 saturated heterocycles. The Morgan fingerprint density at radius 3 is 2.34 bits per heavy atom. The van der Waals surface area contributed by atoms with Crippen LogP contribution in [0.4, 0.5) is 0 Å². The second kappa shape index (κ2) is 11.2. The predicted octanol–water partition coefficient (Wildman–Crippen LogP) is 5.29. The van der Waals surface area contributed by atoms with Gasteiger partial charge in [0, 0.05) is 19.0 Å². The van der Waals surface area contributed by atoms with Crippen LogP contribution in [0.3, 0.4) is 0 Å². The SMILES string of the molecule is CC[C@@H](Oc1ccc2c(c1)[C@H](c1ccccc1)N(C(=O)C(C)C)CC2)C(=O)NCc1ccccc1. The fourth-order valence-electron chi connectivity index (χ4n) is 4.62. The number of nitrogens with zero attached hydrogens (tertiary/aromatic N) is 1. The van der Waals surface area contributed by atoms with Crippen LogP contribution in [0.5, 0.6) is 5.75 Å². The molecule has 4 rings (SSSR count). The second-order valence-corrected chi connectivity index (χ2v) is 9.33. The molecule has 0 bridgehead atoms. The molecule has 2 atom stereocenters. The highest BCUT2D eigenvalue weighted by Gasteiger charge is 2.33. The summed E-state index contributed by atoms with van der Waals surface area (Å²) in [5.74, 6) is 0.568. The predicted molar refractivity (Wildman–Crippen MR) is 138 cm³/mol. The second-order valence-electron chi connectivity index (χ2n) is 9.33. The standard InChI is InChI=1S/C30H34N2O3/c1-4-27(29(33)31-20-22-11-7-5-8-12-22)35-25-16-15-23-17-18-32(30(34)21(2)3)28(26(23)19-25)24-13-9-6-10-14-24/h5-16,19,21,27-28H,4,17-18,20H2,1-3H3,(H,31,33)/t27-,28+/m1/s1. The average Bonchev–Trinajstić information content (AvgIpc) is 2.90. The number of rotatable bonds is 8. The third-order valence-corrected chi connectivity index (χ3v) is 6.49. The van der Waals surface area contributed by atoms with Crippen molar-refractivity contribution in [3.8, 4) is 5.75 Å². The van der Waals surface area contributed by atoms with Gasteiger partial charge in [-0.3, -0.25) is 9.59 Å². The molecule has 1 heterocycles. The largest absolute Gasteiger partial charge is 0.481 e. The molecule has 35 heavy (non-hydrogen) atoms. The summed E-state index contributed by atoms with van der Waals surface area (Å²) in [5.41, 5.74) is 4.39. The van der Waals surface area contributed by atoms with Crippen molar-refractivity contribution >= 4 is 11.8 Å². The molecule has 0 aliphatic carbocycles. The topological polar surface area (TPSA) is 58.6 Å². The molecular weight excluding hydrogens is 436 g/mol. The lowest BCUT2D eigenvalue weighted by Crippen LogP contribution is -2.42. The van der Waals surface area contributed by atoms with Gasteiger partial charge < -0.3 is 15.0 Å². The third kappa shape index (κ3) is 5.73. The lowest BCUT2D eigenvalue weighted by atomic mass is 9.87. The maximum atomic E-state index is 13.1. The van der Waals surface area contributed by atoms with E-state index in [-0.39, 0.29) is 23.8 Å². The van der Waals surface area contributed by atoms with Crippen molar-refractivity contribution in [2.24, 2.45) is 5.92 Å². The summed E-state index contributed by atoms with van der Waals surface area (Å²) in [6.07, 6.45) is 0.758. The Morgan fingerprint density at radius 1 is 1.00 bits per heavy atom. The Morgan fingerprint density at radius 2 is 1.69 bits per heavy atom. The van der Waals surface area contributed by atoms with Crippen LogP contribution < -0.4 is 10.1 Å². The van der Waals surface area contributed by atoms with Gasteiger partial charge in [0.25, 0.3) is 5.91 Å². The molecule has 0 unspecified atom stereocenters. The van der Waals surface area contributed by atoms with E-state index in [1.165, 1.54) is 5.56 Å². The van der Waals surface area contributed by atoms with Gasteiger partial charge >= 0.3 is 0 Å². The summed E-state index contributed by atoms with van der Waals surface area (Å²) < 4.78 is 6.19. The number of carbonyl (C=O) groups excluding carboxylic acids is 2. The molecule has 0 fully saturated rings. The van der Waals surface area contributed by atoms with Gasteiger partial charge in [0.2, 0.25) is 5.91 Å². The van der Waals surface area contributed by atoms with Gasteiger partial charge in [0.05, 0.1) is 6.04 Å². The Kier molecular flexibility index (Phi) is 7.86. The molecule has 1 N–H and O–H groups in total. The van der Waals surface area contributed by atoms with E-state index >= 15 is 0 Å². The zero-order chi connectivity index (χ0) is 24.8. The molecule has 2 amide bonds. The maximum absolute atomic E-state index is 13.1. The van der Waals surface area contributed by atoms with Crippen LogP contribution in [0.2, 0.25) is 0 Å². The Balaban J connectivity index is 1.58. The lowest BCUT2D eigenvalue weighted by Gasteiger charge is -2.39. The molecule has 0 radical (unpaired) electrons. The molecule has 0 saturated carbocycles. The Bertz CT molecular complexity index is 1140.